The Kier molecular flexibility index (Phi) is 33.3. The zero-order valence-electron chi connectivity index (χ0n) is 83.8. The first-order valence-electron chi connectivity index (χ1n) is 55.3. The fourth-order valence-corrected chi connectivity index (χ4v) is 28.0. The van der Waals surface area contributed by atoms with Crippen molar-refractivity contribution in [1.82, 2.24) is 59.3 Å². The number of hydrogen-bond donors (Lipinski definition) is 7. The molecule has 24 rings (SSSR count). The van der Waals surface area contributed by atoms with E-state index >= 15 is 0 Å². The Hall–Kier alpha value is -11.0. The molecule has 13 unspecified atom stereocenters. The fourth-order valence-electron chi connectivity index (χ4n) is 28.0. The number of aromatic amines is 6. The highest BCUT2D eigenvalue weighted by Crippen LogP contribution is 2.44. The van der Waals surface area contributed by atoms with Crippen molar-refractivity contribution in [3.8, 4) is 0 Å². The van der Waals surface area contributed by atoms with Gasteiger partial charge in [-0.1, -0.05) is 163 Å². The molecule has 12 heterocycles. The van der Waals surface area contributed by atoms with Gasteiger partial charge in [0.1, 0.15) is 5.82 Å². The topological polar surface area (TPSA) is 237 Å². The van der Waals surface area contributed by atoms with Crippen molar-refractivity contribution in [3.63, 3.8) is 0 Å². The number of nitrogens with zero attached hydrogens (tertiary/aromatic N) is 6. The van der Waals surface area contributed by atoms with Gasteiger partial charge in [-0.05, 0) is 314 Å². The van der Waals surface area contributed by atoms with Crippen LogP contribution in [0.15, 0.2) is 177 Å². The van der Waals surface area contributed by atoms with E-state index in [4.69, 9.17) is 0 Å². The van der Waals surface area contributed by atoms with Gasteiger partial charge >= 0.3 is 0 Å². The summed E-state index contributed by atoms with van der Waals surface area (Å²) in [6.45, 7) is 8.12. The number of carbonyl (C=O) groups is 6. The van der Waals surface area contributed by atoms with Gasteiger partial charge in [-0.2, -0.15) is 0 Å². The maximum atomic E-state index is 13.5. The summed E-state index contributed by atoms with van der Waals surface area (Å²) in [5.41, 5.74) is 14.4. The maximum Gasteiger partial charge on any atom is 0.246 e. The molecule has 6 saturated carbocycles. The second-order valence-corrected chi connectivity index (χ2v) is 43.8. The number of H-pyrrole nitrogens is 6. The molecule has 7 N–H and O–H groups in total. The first kappa shape index (κ1) is 98.8. The van der Waals surface area contributed by atoms with E-state index in [1.165, 1.54) is 267 Å². The van der Waals surface area contributed by atoms with Crippen molar-refractivity contribution in [1.29, 1.82) is 0 Å². The molecule has 6 aromatic carbocycles. The lowest BCUT2D eigenvalue weighted by molar-refractivity contribution is -0.139. The molecule has 6 saturated heterocycles. The molecule has 0 bridgehead atoms. The zero-order valence-corrected chi connectivity index (χ0v) is 83.8. The van der Waals surface area contributed by atoms with Crippen LogP contribution in [0.1, 0.15) is 296 Å². The van der Waals surface area contributed by atoms with Gasteiger partial charge in [0, 0.05) is 203 Å². The number of rotatable bonds is 17. The number of halogens is 1. The minimum Gasteiger partial charge on any atom is -0.392 e. The predicted molar refractivity (Wildman–Crippen MR) is 566 cm³/mol. The van der Waals surface area contributed by atoms with Crippen LogP contribution in [0.2, 0.25) is 0 Å². The van der Waals surface area contributed by atoms with E-state index in [-0.39, 0.29) is 24.2 Å². The molecule has 0 radical (unpaired) electrons. The number of aliphatic hydroxyl groups excluding tert-OH is 1. The quantitative estimate of drug-likeness (QED) is 0.0435. The van der Waals surface area contributed by atoms with Gasteiger partial charge in [0.15, 0.2) is 0 Å². The summed E-state index contributed by atoms with van der Waals surface area (Å²) < 4.78 is 13.5. The molecule has 12 aromatic rings. The molecular weight excluding hydrogens is 1750 g/mol. The Morgan fingerprint density at radius 3 is 1.13 bits per heavy atom. The van der Waals surface area contributed by atoms with Crippen molar-refractivity contribution in [2.75, 3.05) is 39.3 Å². The van der Waals surface area contributed by atoms with E-state index < -0.39 is 0 Å². The lowest BCUT2D eigenvalue weighted by Crippen LogP contribution is -2.52. The van der Waals surface area contributed by atoms with Crippen LogP contribution in [-0.2, 0) is 67.5 Å². The summed E-state index contributed by atoms with van der Waals surface area (Å²) >= 11 is 0. The van der Waals surface area contributed by atoms with Crippen molar-refractivity contribution in [2.45, 2.75) is 332 Å². The molecule has 0 spiro atoms. The molecule has 141 heavy (non-hydrogen) atoms. The second-order valence-electron chi connectivity index (χ2n) is 43.8. The van der Waals surface area contributed by atoms with Crippen LogP contribution in [0.5, 0.6) is 0 Å². The number of benzene rings is 6. The highest BCUT2D eigenvalue weighted by atomic mass is 19.1. The van der Waals surface area contributed by atoms with Crippen molar-refractivity contribution < 1.29 is 38.3 Å². The van der Waals surface area contributed by atoms with Crippen LogP contribution in [0.4, 0.5) is 4.39 Å². The van der Waals surface area contributed by atoms with Crippen LogP contribution < -0.4 is 0 Å². The van der Waals surface area contributed by atoms with Gasteiger partial charge in [-0.3, -0.25) is 28.8 Å². The van der Waals surface area contributed by atoms with Crippen LogP contribution in [0, 0.1) is 47.2 Å². The molecule has 12 aliphatic rings. The van der Waals surface area contributed by atoms with Crippen molar-refractivity contribution in [3.05, 3.63) is 221 Å². The lowest BCUT2D eigenvalue weighted by Gasteiger charge is -2.47. The summed E-state index contributed by atoms with van der Waals surface area (Å²) in [5.74, 6) is 6.78. The third-order valence-corrected chi connectivity index (χ3v) is 35.4. The summed E-state index contributed by atoms with van der Waals surface area (Å²) in [7, 11) is 0. The number of likely N-dealkylation sites (tertiary alicyclic amines) is 6. The highest BCUT2D eigenvalue weighted by molar-refractivity contribution is 5.97. The predicted octanol–water partition coefficient (Wildman–Crippen LogP) is 25.3. The Bertz CT molecular complexity index is 6210. The number of aliphatic hydroxyl groups is 1. The van der Waals surface area contributed by atoms with Gasteiger partial charge in [-0.25, -0.2) is 4.39 Å². The molecule has 748 valence electrons. The Labute approximate surface area is 833 Å². The van der Waals surface area contributed by atoms with E-state index in [0.29, 0.717) is 97.9 Å². The molecule has 12 fully saturated rings. The number of nitrogens with one attached hydrogen (secondary N) is 6. The number of aryl methyl sites for hydroxylation is 3. The monoisotopic (exact) mass is 1910 g/mol. The van der Waals surface area contributed by atoms with Crippen LogP contribution in [0.25, 0.3) is 71.5 Å². The van der Waals surface area contributed by atoms with Gasteiger partial charge in [0.05, 0.1) is 19.4 Å². The number of fused-ring (bicyclic) bond motifs is 12. The standard InChI is InChI=1S/C21H28N2O2.2C21H28N2O.C20H24N2O.C19H23FN2O.C19H24N2O/c24-14-15-7-9-19-18(12-15)17(13-22-19)8-10-21(25)23-11-3-5-16-4-1-2-6-20(16)23;1-15-12-13-23(20-9-5-3-6-17(15)20)21(24)11-10-16-14-22-19-8-4-2-7-18(16)19;24-21(23-14-6-9-16-7-1-4-12-20(16)23)13-5-8-17-15-22-19-11-3-2-10-18(17)19;23-20(22-13-5-7-15-6-1-4-10-19(15)22)12-11-16-14-21-18-9-3-2-8-17(16)18;20-15-7-8-17-16(11-15)14(12-21-17)10-19(23)22-9-3-5-13-4-1-2-6-18(13)22;22-19(12-15-13-20-17-9-3-2-8-16(15)17)21-11-5-7-14-6-1-4-10-18(14)21/h7,9,12-13,16,20,22,24H,1-6,8,10-11,14H2;2,4,7-8,14-15,17,20,22H,3,5-6,9-13H2,1H3;2-3,10-11,15-16,20,22H,1,4-9,12-14H2;2-3,8-9,11-12,14-15,19,21H,1,4-7,10,13H2;7-8,11-13,18,21H,1-6,9-10H2;2-3,8-9,13-14,18,20H,1,4-7,10-12H2/b;;;12-11+;;. The molecule has 19 nitrogen and oxygen atoms in total. The van der Waals surface area contributed by atoms with E-state index in [1.54, 1.807) is 12.1 Å². The fraction of sp³-hybridized carbons (Fsp3) is 0.537. The van der Waals surface area contributed by atoms with Crippen LogP contribution in [-0.4, -0.2) is 175 Å². The van der Waals surface area contributed by atoms with Crippen LogP contribution >= 0.6 is 0 Å². The number of piperidine rings is 6. The van der Waals surface area contributed by atoms with Gasteiger partial charge in [0.2, 0.25) is 35.4 Å². The number of amides is 6. The molecule has 20 heteroatoms. The Balaban J connectivity index is 0.000000108. The van der Waals surface area contributed by atoms with E-state index in [2.05, 4.69) is 145 Å². The molecule has 6 amide bonds. The summed E-state index contributed by atoms with van der Waals surface area (Å²) in [6, 6.07) is 46.9. The first-order chi connectivity index (χ1) is 69.2. The summed E-state index contributed by atoms with van der Waals surface area (Å²) in [6.07, 6.45) is 66.5. The number of para-hydroxylation sites is 4. The smallest absolute Gasteiger partial charge is 0.246 e. The minimum absolute atomic E-state index is 0.0519. The number of aromatic nitrogens is 6. The molecule has 6 aliphatic heterocycles. The first-order valence-corrected chi connectivity index (χ1v) is 55.3. The Morgan fingerprint density at radius 1 is 0.319 bits per heavy atom. The summed E-state index contributed by atoms with van der Waals surface area (Å²) in [5, 5.41) is 16.2. The third-order valence-electron chi connectivity index (χ3n) is 35.4. The normalized spacial score (nSPS) is 24.9. The van der Waals surface area contributed by atoms with E-state index in [0.717, 1.165) is 175 Å². The average molecular weight is 1910 g/mol. The minimum atomic E-state index is -0.254. The second kappa shape index (κ2) is 47.5. The largest absolute Gasteiger partial charge is 0.392 e. The van der Waals surface area contributed by atoms with Crippen molar-refractivity contribution in [2.24, 2.45) is 41.4 Å². The lowest BCUT2D eigenvalue weighted by atomic mass is 9.72. The van der Waals surface area contributed by atoms with Gasteiger partial charge in [0.25, 0.3) is 0 Å². The van der Waals surface area contributed by atoms with Gasteiger partial charge < -0.3 is 64.4 Å². The molecule has 6 aliphatic carbocycles. The Morgan fingerprint density at radius 2 is 0.652 bits per heavy atom. The van der Waals surface area contributed by atoms with Crippen LogP contribution in [0.3, 0.4) is 0 Å². The van der Waals surface area contributed by atoms with E-state index in [9.17, 15) is 38.3 Å². The average Bonchev–Trinajstić information content (AvgIpc) is 1.65. The zero-order chi connectivity index (χ0) is 96.5. The molecular formula is C121H155FN12O7. The summed E-state index contributed by atoms with van der Waals surface area (Å²) in [4.78, 5) is 110. The highest BCUT2D eigenvalue weighted by Gasteiger charge is 2.43. The third kappa shape index (κ3) is 23.6. The van der Waals surface area contributed by atoms with Crippen molar-refractivity contribution >= 4 is 107 Å². The van der Waals surface area contributed by atoms with E-state index in [1.807, 2.05) is 79.4 Å². The number of hydrogen-bond acceptors (Lipinski definition) is 7. The van der Waals surface area contributed by atoms with Gasteiger partial charge in [-0.15, -0.1) is 0 Å². The SMILES string of the molecule is CC1CCN(C(=O)CCc2c[nH]c3ccccc23)C2CCCCC12.O=C(/C=C/c1c[nH]c2ccccc12)N1CCCC2CCCCC21.O=C(CCCc1c[nH]c2ccccc12)N1CCCC2CCCCC21.O=C(CCc1c[nH]c2ccc(CO)cc12)N1CCCC2CCCCC21.O=C(Cc1c[nH]c2ccc(F)cc12)N1CCCC2CCCCC21.O=C(Cc1c[nH]c2ccccc12)N1CCCC2CCCCC21. The molecule has 6 aromatic heterocycles. The maximum absolute atomic E-state index is 13.5. The molecule has 13 atom stereocenters. The number of carbonyl (C=O) groups excluding carboxylic acids is 6.